The largest absolute Gasteiger partial charge is 0.550 e. The van der Waals surface area contributed by atoms with Crippen LogP contribution in [0.1, 0.15) is 18.4 Å². The molecule has 0 saturated heterocycles. The number of carboxylic acid groups (broad SMARTS) is 1. The molecular formula is C16H15N2O3S-. The summed E-state index contributed by atoms with van der Waals surface area (Å²) in [7, 11) is 0. The second-order valence-corrected chi connectivity index (χ2v) is 6.48. The van der Waals surface area contributed by atoms with Crippen LogP contribution in [0.3, 0.4) is 0 Å². The highest BCUT2D eigenvalue weighted by Crippen LogP contribution is 2.30. The minimum atomic E-state index is -1.18. The molecule has 1 aliphatic carbocycles. The van der Waals surface area contributed by atoms with Crippen molar-refractivity contribution in [1.82, 2.24) is 4.98 Å². The molecule has 0 fully saturated rings. The van der Waals surface area contributed by atoms with E-state index in [-0.39, 0.29) is 5.91 Å². The first kappa shape index (κ1) is 14.7. The first-order valence-electron chi connectivity index (χ1n) is 7.08. The molecule has 0 radical (unpaired) electrons. The number of aromatic nitrogens is 1. The van der Waals surface area contributed by atoms with Crippen LogP contribution in [0.2, 0.25) is 0 Å². The number of benzene rings is 1. The van der Waals surface area contributed by atoms with Gasteiger partial charge in [-0.05, 0) is 37.5 Å². The minimum absolute atomic E-state index is 0.311. The number of hydrogen-bond donors (Lipinski definition) is 1. The molecule has 0 unspecified atom stereocenters. The number of nitrogens with zero attached hydrogens (tertiary/aromatic N) is 1. The van der Waals surface area contributed by atoms with E-state index < -0.39 is 17.8 Å². The Balaban J connectivity index is 1.80. The number of aliphatic carboxylic acids is 1. The Morgan fingerprint density at radius 2 is 2.00 bits per heavy atom. The third kappa shape index (κ3) is 2.87. The summed E-state index contributed by atoms with van der Waals surface area (Å²) in [5.41, 5.74) is 1.95. The fraction of sp³-hybridized carbons (Fsp3) is 0.312. The Morgan fingerprint density at radius 1 is 1.27 bits per heavy atom. The molecule has 5 nitrogen and oxygen atoms in total. The molecule has 1 aromatic carbocycles. The monoisotopic (exact) mass is 315 g/mol. The van der Waals surface area contributed by atoms with Gasteiger partial charge in [0.15, 0.2) is 5.13 Å². The molecule has 0 bridgehead atoms. The second kappa shape index (κ2) is 5.88. The number of hydrogen-bond acceptors (Lipinski definition) is 5. The van der Waals surface area contributed by atoms with Crippen LogP contribution in [0.4, 0.5) is 5.13 Å². The molecule has 1 aromatic heterocycles. The van der Waals surface area contributed by atoms with E-state index in [0.29, 0.717) is 18.0 Å². The Kier molecular flexibility index (Phi) is 3.94. The van der Waals surface area contributed by atoms with E-state index in [1.54, 1.807) is 6.08 Å². The number of allylic oxidation sites excluding steroid dienone is 2. The highest BCUT2D eigenvalue weighted by atomic mass is 32.1. The molecule has 3 rings (SSSR count). The van der Waals surface area contributed by atoms with Gasteiger partial charge in [-0.2, -0.15) is 0 Å². The van der Waals surface area contributed by atoms with Gasteiger partial charge in [0.25, 0.3) is 0 Å². The lowest BCUT2D eigenvalue weighted by Crippen LogP contribution is -2.41. The number of carboxylic acids is 1. The lowest BCUT2D eigenvalue weighted by atomic mass is 9.82. The Labute approximate surface area is 131 Å². The van der Waals surface area contributed by atoms with Crippen molar-refractivity contribution in [1.29, 1.82) is 0 Å². The minimum Gasteiger partial charge on any atom is -0.550 e. The van der Waals surface area contributed by atoms with Gasteiger partial charge in [0, 0.05) is 11.9 Å². The van der Waals surface area contributed by atoms with E-state index in [9.17, 15) is 14.7 Å². The number of fused-ring (bicyclic) bond motifs is 1. The molecule has 1 amide bonds. The summed E-state index contributed by atoms with van der Waals surface area (Å²) in [6.07, 6.45) is 4.37. The van der Waals surface area contributed by atoms with Gasteiger partial charge in [-0.3, -0.25) is 4.79 Å². The quantitative estimate of drug-likeness (QED) is 0.877. The van der Waals surface area contributed by atoms with Gasteiger partial charge in [-0.15, -0.1) is 0 Å². The molecule has 22 heavy (non-hydrogen) atoms. The van der Waals surface area contributed by atoms with Crippen LogP contribution in [-0.2, 0) is 9.59 Å². The fourth-order valence-electron chi connectivity index (χ4n) is 2.65. The summed E-state index contributed by atoms with van der Waals surface area (Å²) in [6.45, 7) is 2.00. The van der Waals surface area contributed by atoms with Crippen molar-refractivity contribution in [2.45, 2.75) is 19.8 Å². The molecule has 6 heteroatoms. The van der Waals surface area contributed by atoms with Crippen molar-refractivity contribution in [3.63, 3.8) is 0 Å². The highest BCUT2D eigenvalue weighted by Gasteiger charge is 2.30. The normalized spacial score (nSPS) is 21.0. The SMILES string of the molecule is Cc1ccc2nc(NC(=O)[C@H]3CC=CC[C@@H]3C(=O)[O-])sc2c1. The number of anilines is 1. The van der Waals surface area contributed by atoms with Crippen molar-refractivity contribution < 1.29 is 14.7 Å². The van der Waals surface area contributed by atoms with Crippen LogP contribution in [-0.4, -0.2) is 16.9 Å². The Hall–Kier alpha value is -2.21. The average Bonchev–Trinajstić information content (AvgIpc) is 2.88. The van der Waals surface area contributed by atoms with E-state index in [2.05, 4.69) is 10.3 Å². The van der Waals surface area contributed by atoms with Crippen LogP contribution < -0.4 is 10.4 Å². The molecule has 0 aliphatic heterocycles. The van der Waals surface area contributed by atoms with Gasteiger partial charge in [-0.25, -0.2) is 4.98 Å². The van der Waals surface area contributed by atoms with Crippen molar-refractivity contribution in [2.75, 3.05) is 5.32 Å². The number of nitrogens with one attached hydrogen (secondary N) is 1. The van der Waals surface area contributed by atoms with Crippen LogP contribution >= 0.6 is 11.3 Å². The van der Waals surface area contributed by atoms with Crippen molar-refractivity contribution in [3.8, 4) is 0 Å². The molecule has 114 valence electrons. The smallest absolute Gasteiger partial charge is 0.230 e. The Morgan fingerprint density at radius 3 is 2.73 bits per heavy atom. The summed E-state index contributed by atoms with van der Waals surface area (Å²) in [6, 6.07) is 5.88. The lowest BCUT2D eigenvalue weighted by Gasteiger charge is -2.27. The number of carbonyl (C=O) groups excluding carboxylic acids is 2. The summed E-state index contributed by atoms with van der Waals surface area (Å²) < 4.78 is 0.996. The van der Waals surface area contributed by atoms with Gasteiger partial charge in [0.1, 0.15) is 0 Å². The van der Waals surface area contributed by atoms with Crippen LogP contribution in [0, 0.1) is 18.8 Å². The van der Waals surface area contributed by atoms with Gasteiger partial charge in [0.2, 0.25) is 5.91 Å². The van der Waals surface area contributed by atoms with E-state index in [0.717, 1.165) is 15.8 Å². The lowest BCUT2D eigenvalue weighted by molar-refractivity contribution is -0.313. The summed E-state index contributed by atoms with van der Waals surface area (Å²) >= 11 is 1.39. The molecule has 1 heterocycles. The predicted molar refractivity (Wildman–Crippen MR) is 83.3 cm³/mol. The van der Waals surface area contributed by atoms with E-state index in [4.69, 9.17) is 0 Å². The topological polar surface area (TPSA) is 82.1 Å². The maximum atomic E-state index is 12.4. The zero-order chi connectivity index (χ0) is 15.7. The number of carbonyl (C=O) groups is 2. The zero-order valence-corrected chi connectivity index (χ0v) is 12.9. The number of amides is 1. The van der Waals surface area contributed by atoms with Crippen LogP contribution in [0.5, 0.6) is 0 Å². The number of thiazole rings is 1. The maximum absolute atomic E-state index is 12.4. The third-order valence-corrected chi connectivity index (χ3v) is 4.78. The number of aryl methyl sites for hydroxylation is 1. The van der Waals surface area contributed by atoms with Crippen molar-refractivity contribution >= 4 is 38.6 Å². The van der Waals surface area contributed by atoms with Crippen molar-refractivity contribution in [2.24, 2.45) is 11.8 Å². The maximum Gasteiger partial charge on any atom is 0.230 e. The predicted octanol–water partition coefficient (Wildman–Crippen LogP) is 1.88. The molecule has 1 aliphatic rings. The van der Waals surface area contributed by atoms with Crippen molar-refractivity contribution in [3.05, 3.63) is 35.9 Å². The van der Waals surface area contributed by atoms with E-state index in [1.165, 1.54) is 11.3 Å². The number of rotatable bonds is 3. The molecule has 1 N–H and O–H groups in total. The molecular weight excluding hydrogens is 300 g/mol. The standard InChI is InChI=1S/C16H16N2O3S/c1-9-6-7-12-13(8-9)22-16(17-12)18-14(19)10-4-2-3-5-11(10)15(20)21/h2-3,6-8,10-11H,4-5H2,1H3,(H,20,21)(H,17,18,19)/p-1/t10-,11-/m0/s1. The summed E-state index contributed by atoms with van der Waals surface area (Å²) in [4.78, 5) is 27.9. The zero-order valence-electron chi connectivity index (χ0n) is 12.0. The molecule has 2 aromatic rings. The molecule has 0 spiro atoms. The van der Waals surface area contributed by atoms with E-state index in [1.807, 2.05) is 31.2 Å². The van der Waals surface area contributed by atoms with Crippen LogP contribution in [0.25, 0.3) is 10.2 Å². The molecule has 0 saturated carbocycles. The fourth-order valence-corrected chi connectivity index (χ4v) is 3.61. The highest BCUT2D eigenvalue weighted by molar-refractivity contribution is 7.22. The first-order chi connectivity index (χ1) is 10.5. The second-order valence-electron chi connectivity index (χ2n) is 5.45. The first-order valence-corrected chi connectivity index (χ1v) is 7.90. The summed E-state index contributed by atoms with van der Waals surface area (Å²) in [5.74, 6) is -2.87. The van der Waals surface area contributed by atoms with Gasteiger partial charge in [-0.1, -0.05) is 29.6 Å². The van der Waals surface area contributed by atoms with Gasteiger partial charge in [0.05, 0.1) is 16.1 Å². The average molecular weight is 315 g/mol. The Bertz CT molecular complexity index is 766. The van der Waals surface area contributed by atoms with Gasteiger partial charge < -0.3 is 15.2 Å². The third-order valence-electron chi connectivity index (χ3n) is 3.85. The molecule has 2 atom stereocenters. The van der Waals surface area contributed by atoms with Gasteiger partial charge >= 0.3 is 0 Å². The van der Waals surface area contributed by atoms with Crippen LogP contribution in [0.15, 0.2) is 30.4 Å². The summed E-state index contributed by atoms with van der Waals surface area (Å²) in [5, 5.41) is 14.4. The van der Waals surface area contributed by atoms with E-state index >= 15 is 0 Å².